The number of anilines is 1. The Bertz CT molecular complexity index is 834. The van der Waals surface area contributed by atoms with Gasteiger partial charge in [-0.05, 0) is 56.0 Å². The number of likely N-dealkylation sites (tertiary alicyclic amines) is 1. The first kappa shape index (κ1) is 22.7. The molecule has 3 heterocycles. The van der Waals surface area contributed by atoms with Crippen molar-refractivity contribution in [3.8, 4) is 0 Å². The number of carbonyl (C=O) groups excluding carboxylic acids is 2. The molecule has 7 nitrogen and oxygen atoms in total. The summed E-state index contributed by atoms with van der Waals surface area (Å²) in [5.74, 6) is 1.05. The number of carbonyl (C=O) groups is 2. The summed E-state index contributed by atoms with van der Waals surface area (Å²) >= 11 is 0. The highest BCUT2D eigenvalue weighted by molar-refractivity contribution is 5.88. The van der Waals surface area contributed by atoms with Crippen LogP contribution in [0.25, 0.3) is 0 Å². The van der Waals surface area contributed by atoms with Crippen LogP contribution in [0, 0.1) is 11.8 Å². The second kappa shape index (κ2) is 10.9. The molecule has 7 heteroatoms. The fourth-order valence-corrected chi connectivity index (χ4v) is 4.88. The standard InChI is InChI=1S/C25H35N5O2/c1-20(31)27-24-4-2-21(3-5-24)18-29-14-16-30(17-15-29)25(32)23-8-12-28(13-9-23)19-22-6-10-26-11-7-22/h2-6,10-11,22-23H,7-9,12-19H2,1H3,(H,27,31). The third-order valence-corrected chi connectivity index (χ3v) is 6.75. The van der Waals surface area contributed by atoms with Crippen LogP contribution in [0.2, 0.25) is 0 Å². The van der Waals surface area contributed by atoms with Gasteiger partial charge in [0.1, 0.15) is 0 Å². The van der Waals surface area contributed by atoms with E-state index in [-0.39, 0.29) is 11.8 Å². The van der Waals surface area contributed by atoms with Crippen LogP contribution in [-0.2, 0) is 16.1 Å². The molecule has 2 amide bonds. The average Bonchev–Trinajstić information content (AvgIpc) is 2.81. The summed E-state index contributed by atoms with van der Waals surface area (Å²) in [6.07, 6.45) is 9.09. The molecule has 1 atom stereocenters. The third kappa shape index (κ3) is 6.26. The zero-order chi connectivity index (χ0) is 22.3. The molecule has 3 aliphatic rings. The van der Waals surface area contributed by atoms with Gasteiger partial charge in [-0.25, -0.2) is 0 Å². The van der Waals surface area contributed by atoms with Crippen LogP contribution in [-0.4, -0.2) is 78.5 Å². The summed E-state index contributed by atoms with van der Waals surface area (Å²) in [6, 6.07) is 8.01. The number of piperidine rings is 1. The summed E-state index contributed by atoms with van der Waals surface area (Å²) in [6.45, 7) is 8.96. The minimum Gasteiger partial charge on any atom is -0.340 e. The second-order valence-corrected chi connectivity index (χ2v) is 9.22. The van der Waals surface area contributed by atoms with E-state index in [1.54, 1.807) is 0 Å². The van der Waals surface area contributed by atoms with E-state index in [2.05, 4.69) is 43.2 Å². The molecule has 0 aliphatic carbocycles. The van der Waals surface area contributed by atoms with Crippen LogP contribution >= 0.6 is 0 Å². The van der Waals surface area contributed by atoms with E-state index >= 15 is 0 Å². The number of rotatable bonds is 6. The van der Waals surface area contributed by atoms with Crippen LogP contribution in [0.3, 0.4) is 0 Å². The van der Waals surface area contributed by atoms with Crippen LogP contribution in [0.4, 0.5) is 5.69 Å². The second-order valence-electron chi connectivity index (χ2n) is 9.22. The summed E-state index contributed by atoms with van der Waals surface area (Å²) < 4.78 is 0. The van der Waals surface area contributed by atoms with E-state index < -0.39 is 0 Å². The summed E-state index contributed by atoms with van der Waals surface area (Å²) in [5, 5.41) is 2.80. The highest BCUT2D eigenvalue weighted by Gasteiger charge is 2.30. The van der Waals surface area contributed by atoms with E-state index in [9.17, 15) is 9.59 Å². The van der Waals surface area contributed by atoms with Crippen molar-refractivity contribution in [2.45, 2.75) is 32.7 Å². The lowest BCUT2D eigenvalue weighted by atomic mass is 9.93. The molecule has 1 aromatic rings. The predicted molar refractivity (Wildman–Crippen MR) is 128 cm³/mol. The molecule has 2 fully saturated rings. The summed E-state index contributed by atoms with van der Waals surface area (Å²) in [4.78, 5) is 35.4. The van der Waals surface area contributed by atoms with Gasteiger partial charge < -0.3 is 15.1 Å². The Morgan fingerprint density at radius 1 is 1.00 bits per heavy atom. The quantitative estimate of drug-likeness (QED) is 0.743. The van der Waals surface area contributed by atoms with Crippen molar-refractivity contribution in [3.05, 3.63) is 42.1 Å². The van der Waals surface area contributed by atoms with Gasteiger partial charge >= 0.3 is 0 Å². The Morgan fingerprint density at radius 2 is 1.72 bits per heavy atom. The van der Waals surface area contributed by atoms with Gasteiger partial charge in [0.05, 0.1) is 0 Å². The fourth-order valence-electron chi connectivity index (χ4n) is 4.88. The van der Waals surface area contributed by atoms with Gasteiger partial charge in [0.15, 0.2) is 0 Å². The lowest BCUT2D eigenvalue weighted by Gasteiger charge is -2.39. The number of benzene rings is 1. The highest BCUT2D eigenvalue weighted by Crippen LogP contribution is 2.23. The third-order valence-electron chi connectivity index (χ3n) is 6.75. The lowest BCUT2D eigenvalue weighted by molar-refractivity contribution is -0.139. The first-order valence-electron chi connectivity index (χ1n) is 11.8. The van der Waals surface area contributed by atoms with Crippen molar-refractivity contribution in [2.75, 3.05) is 51.1 Å². The smallest absolute Gasteiger partial charge is 0.225 e. The van der Waals surface area contributed by atoms with Crippen molar-refractivity contribution in [1.29, 1.82) is 0 Å². The van der Waals surface area contributed by atoms with Crippen molar-refractivity contribution < 1.29 is 9.59 Å². The molecule has 4 rings (SSSR count). The number of nitrogens with one attached hydrogen (secondary N) is 1. The normalized spacial score (nSPS) is 22.8. The van der Waals surface area contributed by atoms with Crippen LogP contribution in [0.1, 0.15) is 31.7 Å². The zero-order valence-corrected chi connectivity index (χ0v) is 19.1. The SMILES string of the molecule is CC(=O)Nc1ccc(CN2CCN(C(=O)C3CCN(CC4C=CN=CC4)CC3)CC2)cc1. The highest BCUT2D eigenvalue weighted by atomic mass is 16.2. The van der Waals surface area contributed by atoms with Gasteiger partial charge in [0.25, 0.3) is 0 Å². The van der Waals surface area contributed by atoms with Crippen molar-refractivity contribution in [1.82, 2.24) is 14.7 Å². The maximum Gasteiger partial charge on any atom is 0.225 e. The first-order chi connectivity index (χ1) is 15.6. The van der Waals surface area contributed by atoms with Gasteiger partial charge in [-0.3, -0.25) is 19.5 Å². The van der Waals surface area contributed by atoms with Crippen molar-refractivity contribution >= 4 is 23.7 Å². The molecule has 172 valence electrons. The Kier molecular flexibility index (Phi) is 7.71. The number of piperazine rings is 1. The maximum absolute atomic E-state index is 13.1. The molecular weight excluding hydrogens is 402 g/mol. The van der Waals surface area contributed by atoms with Crippen LogP contribution in [0.5, 0.6) is 0 Å². The summed E-state index contributed by atoms with van der Waals surface area (Å²) in [5.41, 5.74) is 2.05. The van der Waals surface area contributed by atoms with E-state index in [0.717, 1.165) is 77.3 Å². The predicted octanol–water partition coefficient (Wildman–Crippen LogP) is 2.61. The molecule has 2 saturated heterocycles. The van der Waals surface area contributed by atoms with Gasteiger partial charge in [0, 0.05) is 70.2 Å². The Labute approximate surface area is 191 Å². The first-order valence-corrected chi connectivity index (χ1v) is 11.8. The van der Waals surface area contributed by atoms with E-state index in [1.807, 2.05) is 24.5 Å². The molecule has 1 unspecified atom stereocenters. The molecule has 1 aromatic carbocycles. The lowest BCUT2D eigenvalue weighted by Crippen LogP contribution is -2.51. The molecule has 1 N–H and O–H groups in total. The Morgan fingerprint density at radius 3 is 2.34 bits per heavy atom. The number of amides is 2. The molecule has 0 radical (unpaired) electrons. The monoisotopic (exact) mass is 437 g/mol. The molecule has 32 heavy (non-hydrogen) atoms. The summed E-state index contributed by atoms with van der Waals surface area (Å²) in [7, 11) is 0. The zero-order valence-electron chi connectivity index (χ0n) is 19.1. The van der Waals surface area contributed by atoms with Crippen molar-refractivity contribution in [3.63, 3.8) is 0 Å². The van der Waals surface area contributed by atoms with E-state index in [4.69, 9.17) is 0 Å². The van der Waals surface area contributed by atoms with Gasteiger partial charge in [-0.15, -0.1) is 0 Å². The number of hydrogen-bond acceptors (Lipinski definition) is 5. The van der Waals surface area contributed by atoms with Gasteiger partial charge in [-0.2, -0.15) is 0 Å². The number of hydrogen-bond donors (Lipinski definition) is 1. The van der Waals surface area contributed by atoms with E-state index in [1.165, 1.54) is 12.5 Å². The molecule has 0 saturated carbocycles. The fraction of sp³-hybridized carbons (Fsp3) is 0.560. The largest absolute Gasteiger partial charge is 0.340 e. The molecular formula is C25H35N5O2. The van der Waals surface area contributed by atoms with Crippen LogP contribution in [0.15, 0.2) is 41.5 Å². The van der Waals surface area contributed by atoms with Gasteiger partial charge in [-0.1, -0.05) is 18.2 Å². The average molecular weight is 438 g/mol. The Balaban J connectivity index is 1.17. The van der Waals surface area contributed by atoms with E-state index in [0.29, 0.717) is 11.8 Å². The minimum atomic E-state index is -0.0550. The molecule has 0 bridgehead atoms. The topological polar surface area (TPSA) is 68.2 Å². The molecule has 0 spiro atoms. The Hall–Kier alpha value is -2.51. The van der Waals surface area contributed by atoms with Crippen molar-refractivity contribution in [2.24, 2.45) is 16.8 Å². The number of aliphatic imine (C=N–C) groups is 1. The van der Waals surface area contributed by atoms with Gasteiger partial charge in [0.2, 0.25) is 11.8 Å². The van der Waals surface area contributed by atoms with Crippen LogP contribution < -0.4 is 5.32 Å². The number of nitrogens with zero attached hydrogens (tertiary/aromatic N) is 4. The minimum absolute atomic E-state index is 0.0550. The maximum atomic E-state index is 13.1. The molecule has 0 aromatic heterocycles. The molecule has 3 aliphatic heterocycles.